The molecule has 72 valence electrons. The maximum atomic E-state index is 11.0. The molecule has 0 aliphatic carbocycles. The van der Waals surface area contributed by atoms with Crippen molar-refractivity contribution >= 4 is 30.1 Å². The van der Waals surface area contributed by atoms with Crippen LogP contribution in [0.15, 0.2) is 20.0 Å². The number of carbonyl (C=O) groups excluding carboxylic acids is 1. The van der Waals surface area contributed by atoms with Crippen molar-refractivity contribution in [3.05, 3.63) is 0 Å². The number of amidine groups is 1. The second-order valence-corrected chi connectivity index (χ2v) is 2.76. The van der Waals surface area contributed by atoms with E-state index in [1.165, 1.54) is 12.7 Å². The first kappa shape index (κ1) is 8.70. The Morgan fingerprint density at radius 3 is 3.14 bits per heavy atom. The van der Waals surface area contributed by atoms with Gasteiger partial charge < -0.3 is 0 Å². The van der Waals surface area contributed by atoms with Crippen molar-refractivity contribution in [1.29, 1.82) is 0 Å². The smallest absolute Gasteiger partial charge is 0.239 e. The van der Waals surface area contributed by atoms with Gasteiger partial charge in [-0.2, -0.15) is 0 Å². The highest BCUT2D eigenvalue weighted by Crippen LogP contribution is 2.11. The van der Waals surface area contributed by atoms with E-state index >= 15 is 0 Å². The predicted octanol–water partition coefficient (Wildman–Crippen LogP) is -1.34. The lowest BCUT2D eigenvalue weighted by Gasteiger charge is -2.12. The number of nitrogens with one attached hydrogen (secondary N) is 1. The quantitative estimate of drug-likeness (QED) is 0.321. The maximum Gasteiger partial charge on any atom is 0.239 e. The number of carbonyl (C=O) groups is 1. The van der Waals surface area contributed by atoms with Crippen LogP contribution in [0.25, 0.3) is 0 Å². The molecule has 2 heterocycles. The lowest BCUT2D eigenvalue weighted by atomic mass is 10.1. The van der Waals surface area contributed by atoms with Crippen LogP contribution in [-0.4, -0.2) is 36.2 Å². The second kappa shape index (κ2) is 3.46. The molecule has 2 aliphatic rings. The highest BCUT2D eigenvalue weighted by molar-refractivity contribution is 6.23. The van der Waals surface area contributed by atoms with Crippen LogP contribution in [0.4, 0.5) is 0 Å². The van der Waals surface area contributed by atoms with E-state index in [0.29, 0.717) is 11.5 Å². The van der Waals surface area contributed by atoms with Crippen LogP contribution in [0.1, 0.15) is 6.42 Å². The van der Waals surface area contributed by atoms with E-state index in [9.17, 15) is 4.79 Å². The van der Waals surface area contributed by atoms with Crippen LogP contribution in [-0.2, 0) is 4.79 Å². The van der Waals surface area contributed by atoms with Gasteiger partial charge in [-0.05, 0) is 0 Å². The summed E-state index contributed by atoms with van der Waals surface area (Å²) < 4.78 is 0. The van der Waals surface area contributed by atoms with Crippen molar-refractivity contribution in [2.24, 2.45) is 25.8 Å². The molecule has 0 spiro atoms. The highest BCUT2D eigenvalue weighted by atomic mass is 16.2. The Balaban J connectivity index is 2.15. The Labute approximate surface area is 79.5 Å². The van der Waals surface area contributed by atoms with Gasteiger partial charge >= 0.3 is 0 Å². The standard InChI is InChI=1S/C7H8N6O/c8-13-5(14)1-4-6-7(11-2-9-4)12-3-10-6/h2-3,6H,1,8H2,(H,13,14). The van der Waals surface area contributed by atoms with Gasteiger partial charge in [-0.3, -0.25) is 15.2 Å². The Bertz CT molecular complexity index is 380. The van der Waals surface area contributed by atoms with Gasteiger partial charge in [0, 0.05) is 0 Å². The average molecular weight is 192 g/mol. The van der Waals surface area contributed by atoms with Crippen molar-refractivity contribution in [2.75, 3.05) is 0 Å². The third-order valence-electron chi connectivity index (χ3n) is 1.88. The molecule has 0 fully saturated rings. The van der Waals surface area contributed by atoms with Crippen molar-refractivity contribution < 1.29 is 4.79 Å². The normalized spacial score (nSPS) is 22.8. The minimum absolute atomic E-state index is 0.115. The first-order chi connectivity index (χ1) is 6.81. The zero-order chi connectivity index (χ0) is 9.97. The van der Waals surface area contributed by atoms with E-state index < -0.39 is 0 Å². The topological polar surface area (TPSA) is 105 Å². The summed E-state index contributed by atoms with van der Waals surface area (Å²) in [6, 6.07) is -0.308. The summed E-state index contributed by atoms with van der Waals surface area (Å²) in [6.45, 7) is 0. The van der Waals surface area contributed by atoms with Crippen LogP contribution in [0, 0.1) is 0 Å². The molecule has 0 saturated carbocycles. The molecule has 14 heavy (non-hydrogen) atoms. The molecule has 1 atom stereocenters. The number of nitrogens with two attached hydrogens (primary N) is 1. The molecular formula is C7H8N6O. The van der Waals surface area contributed by atoms with E-state index in [-0.39, 0.29) is 18.4 Å². The van der Waals surface area contributed by atoms with Crippen LogP contribution < -0.4 is 11.3 Å². The Morgan fingerprint density at radius 2 is 2.36 bits per heavy atom. The number of aliphatic imine (C=N–C) groups is 4. The summed E-state index contributed by atoms with van der Waals surface area (Å²) in [5, 5.41) is 0. The fourth-order valence-electron chi connectivity index (χ4n) is 1.23. The highest BCUT2D eigenvalue weighted by Gasteiger charge is 2.27. The lowest BCUT2D eigenvalue weighted by Crippen LogP contribution is -2.36. The molecule has 2 rings (SSSR count). The van der Waals surface area contributed by atoms with Gasteiger partial charge in [0.2, 0.25) is 5.91 Å². The number of fused-ring (bicyclic) bond motifs is 1. The first-order valence-electron chi connectivity index (χ1n) is 3.99. The summed E-state index contributed by atoms with van der Waals surface area (Å²) >= 11 is 0. The van der Waals surface area contributed by atoms with Crippen LogP contribution in [0.2, 0.25) is 0 Å². The molecule has 0 aromatic heterocycles. The summed E-state index contributed by atoms with van der Waals surface area (Å²) in [4.78, 5) is 26.9. The molecule has 0 aromatic rings. The predicted molar refractivity (Wildman–Crippen MR) is 52.6 cm³/mol. The molecule has 2 aliphatic heterocycles. The Morgan fingerprint density at radius 1 is 1.50 bits per heavy atom. The van der Waals surface area contributed by atoms with Crippen molar-refractivity contribution in [3.63, 3.8) is 0 Å². The van der Waals surface area contributed by atoms with E-state index in [0.717, 1.165) is 0 Å². The van der Waals surface area contributed by atoms with E-state index in [1.54, 1.807) is 0 Å². The fraction of sp³-hybridized carbons (Fsp3) is 0.286. The van der Waals surface area contributed by atoms with E-state index in [1.807, 2.05) is 5.43 Å². The fourth-order valence-corrected chi connectivity index (χ4v) is 1.23. The van der Waals surface area contributed by atoms with Gasteiger partial charge in [-0.15, -0.1) is 0 Å². The molecule has 1 amide bonds. The first-order valence-corrected chi connectivity index (χ1v) is 3.99. The van der Waals surface area contributed by atoms with Crippen molar-refractivity contribution in [1.82, 2.24) is 5.43 Å². The molecule has 7 nitrogen and oxygen atoms in total. The number of hydrazine groups is 1. The van der Waals surface area contributed by atoms with Gasteiger partial charge in [0.15, 0.2) is 5.84 Å². The Kier molecular flexibility index (Phi) is 2.15. The van der Waals surface area contributed by atoms with Gasteiger partial charge in [-0.1, -0.05) is 0 Å². The Hall–Kier alpha value is -1.89. The molecule has 0 radical (unpaired) electrons. The van der Waals surface area contributed by atoms with Gasteiger partial charge in [-0.25, -0.2) is 20.8 Å². The molecule has 0 saturated heterocycles. The minimum atomic E-state index is -0.308. The molecule has 7 heteroatoms. The summed E-state index contributed by atoms with van der Waals surface area (Å²) in [5.41, 5.74) is 2.64. The molecule has 1 unspecified atom stereocenters. The van der Waals surface area contributed by atoms with Crippen LogP contribution in [0.5, 0.6) is 0 Å². The number of hydrogen-bond acceptors (Lipinski definition) is 6. The summed E-state index contributed by atoms with van der Waals surface area (Å²) in [5.74, 6) is 5.23. The van der Waals surface area contributed by atoms with E-state index in [4.69, 9.17) is 5.84 Å². The monoisotopic (exact) mass is 192 g/mol. The average Bonchev–Trinajstić information content (AvgIpc) is 2.66. The lowest BCUT2D eigenvalue weighted by molar-refractivity contribution is -0.119. The van der Waals surface area contributed by atoms with E-state index in [2.05, 4.69) is 20.0 Å². The maximum absolute atomic E-state index is 11.0. The summed E-state index contributed by atoms with van der Waals surface area (Å²) in [7, 11) is 0. The molecule has 3 N–H and O–H groups in total. The number of hydrogen-bond donors (Lipinski definition) is 2. The molecule has 0 aromatic carbocycles. The van der Waals surface area contributed by atoms with Crippen molar-refractivity contribution in [3.8, 4) is 0 Å². The largest absolute Gasteiger partial charge is 0.294 e. The third-order valence-corrected chi connectivity index (χ3v) is 1.88. The zero-order valence-corrected chi connectivity index (χ0v) is 7.21. The number of amides is 1. The van der Waals surface area contributed by atoms with Crippen molar-refractivity contribution in [2.45, 2.75) is 12.5 Å². The van der Waals surface area contributed by atoms with Crippen LogP contribution in [0.3, 0.4) is 0 Å². The van der Waals surface area contributed by atoms with Gasteiger partial charge in [0.05, 0.1) is 12.1 Å². The summed E-state index contributed by atoms with van der Waals surface area (Å²) in [6.07, 6.45) is 2.89. The molecule has 0 bridgehead atoms. The SMILES string of the molecule is NNC(=O)CC1=NC=NC2=NC=NC12. The minimum Gasteiger partial charge on any atom is -0.294 e. The third kappa shape index (κ3) is 1.44. The second-order valence-electron chi connectivity index (χ2n) is 2.76. The number of nitrogens with zero attached hydrogens (tertiary/aromatic N) is 4. The number of rotatable bonds is 2. The zero-order valence-electron chi connectivity index (χ0n) is 7.21. The molecular weight excluding hydrogens is 184 g/mol. The van der Waals surface area contributed by atoms with Gasteiger partial charge in [0.25, 0.3) is 0 Å². The van der Waals surface area contributed by atoms with Crippen LogP contribution >= 0.6 is 0 Å². The van der Waals surface area contributed by atoms with Gasteiger partial charge in [0.1, 0.15) is 18.7 Å².